The van der Waals surface area contributed by atoms with Crippen LogP contribution in [0, 0.1) is 13.8 Å². The van der Waals surface area contributed by atoms with Crippen LogP contribution in [0.25, 0.3) is 0 Å². The van der Waals surface area contributed by atoms with Crippen LogP contribution in [0.4, 0.5) is 0 Å². The van der Waals surface area contributed by atoms with E-state index in [1.165, 1.54) is 11.1 Å². The van der Waals surface area contributed by atoms with Gasteiger partial charge in [-0.3, -0.25) is 0 Å². The third-order valence-electron chi connectivity index (χ3n) is 2.44. The topological polar surface area (TPSA) is 30.5 Å². The Bertz CT molecular complexity index is 310. The first kappa shape index (κ1) is 11.0. The van der Waals surface area contributed by atoms with Gasteiger partial charge in [-0.2, -0.15) is 5.48 Å². The summed E-state index contributed by atoms with van der Waals surface area (Å²) in [6.07, 6.45) is 0. The van der Waals surface area contributed by atoms with E-state index in [9.17, 15) is 0 Å². The van der Waals surface area contributed by atoms with E-state index in [4.69, 9.17) is 9.57 Å². The molecule has 0 aliphatic carbocycles. The SMILES string of the molecule is CONCc1c(OC)ccc(C)c1C. The quantitative estimate of drug-likeness (QED) is 0.745. The van der Waals surface area contributed by atoms with Crippen molar-refractivity contribution in [3.8, 4) is 5.75 Å². The maximum Gasteiger partial charge on any atom is 0.123 e. The Morgan fingerprint density at radius 2 is 1.93 bits per heavy atom. The second-order valence-corrected chi connectivity index (χ2v) is 3.21. The summed E-state index contributed by atoms with van der Waals surface area (Å²) in [6, 6.07) is 4.04. The van der Waals surface area contributed by atoms with Crippen LogP contribution >= 0.6 is 0 Å². The lowest BCUT2D eigenvalue weighted by Gasteiger charge is -2.13. The van der Waals surface area contributed by atoms with Crippen LogP contribution in [0.15, 0.2) is 12.1 Å². The first-order valence-electron chi connectivity index (χ1n) is 4.59. The van der Waals surface area contributed by atoms with Crippen molar-refractivity contribution in [1.29, 1.82) is 0 Å². The van der Waals surface area contributed by atoms with Gasteiger partial charge in [0, 0.05) is 12.1 Å². The van der Waals surface area contributed by atoms with Crippen molar-refractivity contribution in [3.05, 3.63) is 28.8 Å². The molecule has 3 heteroatoms. The number of benzene rings is 1. The van der Waals surface area contributed by atoms with Gasteiger partial charge in [0.2, 0.25) is 0 Å². The molecule has 0 aliphatic heterocycles. The number of methoxy groups -OCH3 is 1. The first-order chi connectivity index (χ1) is 6.70. The molecule has 0 bridgehead atoms. The largest absolute Gasteiger partial charge is 0.496 e. The highest BCUT2D eigenvalue weighted by Crippen LogP contribution is 2.24. The van der Waals surface area contributed by atoms with Crippen molar-refractivity contribution in [2.75, 3.05) is 14.2 Å². The molecule has 0 aliphatic rings. The van der Waals surface area contributed by atoms with E-state index in [-0.39, 0.29) is 0 Å². The number of rotatable bonds is 4. The van der Waals surface area contributed by atoms with E-state index < -0.39 is 0 Å². The number of hydroxylamine groups is 1. The predicted molar refractivity (Wildman–Crippen MR) is 56.3 cm³/mol. The Kier molecular flexibility index (Phi) is 3.92. The van der Waals surface area contributed by atoms with Crippen molar-refractivity contribution in [1.82, 2.24) is 5.48 Å². The summed E-state index contributed by atoms with van der Waals surface area (Å²) < 4.78 is 5.28. The van der Waals surface area contributed by atoms with Gasteiger partial charge in [-0.05, 0) is 31.0 Å². The fourth-order valence-electron chi connectivity index (χ4n) is 1.40. The Hall–Kier alpha value is -1.06. The predicted octanol–water partition coefficient (Wildman–Crippen LogP) is 1.96. The smallest absolute Gasteiger partial charge is 0.123 e. The van der Waals surface area contributed by atoms with Crippen LogP contribution in [-0.2, 0) is 11.4 Å². The average molecular weight is 195 g/mol. The molecule has 14 heavy (non-hydrogen) atoms. The van der Waals surface area contributed by atoms with E-state index in [1.54, 1.807) is 14.2 Å². The highest BCUT2D eigenvalue weighted by atomic mass is 16.6. The van der Waals surface area contributed by atoms with Crippen LogP contribution in [0.1, 0.15) is 16.7 Å². The number of hydrogen-bond donors (Lipinski definition) is 1. The van der Waals surface area contributed by atoms with Crippen molar-refractivity contribution >= 4 is 0 Å². The highest BCUT2D eigenvalue weighted by molar-refractivity contribution is 5.43. The van der Waals surface area contributed by atoms with E-state index in [1.807, 2.05) is 6.07 Å². The summed E-state index contributed by atoms with van der Waals surface area (Å²) in [5, 5.41) is 0. The Morgan fingerprint density at radius 3 is 2.50 bits per heavy atom. The third kappa shape index (κ3) is 2.25. The van der Waals surface area contributed by atoms with Gasteiger partial charge in [0.25, 0.3) is 0 Å². The lowest BCUT2D eigenvalue weighted by Crippen LogP contribution is -2.13. The van der Waals surface area contributed by atoms with Crippen molar-refractivity contribution < 1.29 is 9.57 Å². The molecule has 0 aromatic heterocycles. The van der Waals surface area contributed by atoms with Gasteiger partial charge in [0.1, 0.15) is 5.75 Å². The molecule has 0 atom stereocenters. The maximum absolute atomic E-state index is 5.28. The molecule has 3 nitrogen and oxygen atoms in total. The normalized spacial score (nSPS) is 10.3. The minimum Gasteiger partial charge on any atom is -0.496 e. The van der Waals surface area contributed by atoms with Gasteiger partial charge in [-0.1, -0.05) is 6.07 Å². The molecule has 1 aromatic carbocycles. The third-order valence-corrected chi connectivity index (χ3v) is 2.44. The van der Waals surface area contributed by atoms with Crippen LogP contribution in [0.2, 0.25) is 0 Å². The summed E-state index contributed by atoms with van der Waals surface area (Å²) in [5.74, 6) is 0.901. The summed E-state index contributed by atoms with van der Waals surface area (Å²) in [6.45, 7) is 4.84. The van der Waals surface area contributed by atoms with Crippen LogP contribution in [0.5, 0.6) is 5.75 Å². The zero-order chi connectivity index (χ0) is 10.6. The molecule has 0 heterocycles. The molecule has 0 fully saturated rings. The summed E-state index contributed by atoms with van der Waals surface area (Å²) in [5.41, 5.74) is 6.48. The second-order valence-electron chi connectivity index (χ2n) is 3.21. The minimum absolute atomic E-state index is 0.660. The summed E-state index contributed by atoms with van der Waals surface area (Å²) in [4.78, 5) is 4.83. The molecule has 78 valence electrons. The van der Waals surface area contributed by atoms with Gasteiger partial charge >= 0.3 is 0 Å². The summed E-state index contributed by atoms with van der Waals surface area (Å²) in [7, 11) is 3.29. The molecule has 0 saturated carbocycles. The standard InChI is InChI=1S/C11H17NO2/c1-8-5-6-11(13-3)10(9(8)2)7-12-14-4/h5-6,12H,7H2,1-4H3. The second kappa shape index (κ2) is 4.98. The van der Waals surface area contributed by atoms with E-state index in [2.05, 4.69) is 25.4 Å². The van der Waals surface area contributed by atoms with E-state index >= 15 is 0 Å². The lowest BCUT2D eigenvalue weighted by molar-refractivity contribution is 0.0860. The fraction of sp³-hybridized carbons (Fsp3) is 0.455. The molecule has 0 amide bonds. The van der Waals surface area contributed by atoms with Crippen LogP contribution < -0.4 is 10.2 Å². The van der Waals surface area contributed by atoms with Gasteiger partial charge in [-0.25, -0.2) is 0 Å². The van der Waals surface area contributed by atoms with Crippen molar-refractivity contribution in [3.63, 3.8) is 0 Å². The maximum atomic E-state index is 5.28. The van der Waals surface area contributed by atoms with E-state index in [0.29, 0.717) is 6.54 Å². The highest BCUT2D eigenvalue weighted by Gasteiger charge is 2.07. The Labute approximate surface area is 85.0 Å². The van der Waals surface area contributed by atoms with Gasteiger partial charge < -0.3 is 9.57 Å². The average Bonchev–Trinajstić information content (AvgIpc) is 2.20. The number of aryl methyl sites for hydroxylation is 1. The van der Waals surface area contributed by atoms with Crippen molar-refractivity contribution in [2.45, 2.75) is 20.4 Å². The first-order valence-corrected chi connectivity index (χ1v) is 4.59. The molecular formula is C11H17NO2. The van der Waals surface area contributed by atoms with Gasteiger partial charge in [0.15, 0.2) is 0 Å². The molecule has 0 saturated heterocycles. The van der Waals surface area contributed by atoms with Crippen LogP contribution in [-0.4, -0.2) is 14.2 Å². The molecule has 1 aromatic rings. The molecule has 0 spiro atoms. The zero-order valence-electron chi connectivity index (χ0n) is 9.18. The van der Waals surface area contributed by atoms with Gasteiger partial charge in [-0.15, -0.1) is 0 Å². The molecule has 0 unspecified atom stereocenters. The Balaban J connectivity index is 3.01. The monoisotopic (exact) mass is 195 g/mol. The Morgan fingerprint density at radius 1 is 1.21 bits per heavy atom. The zero-order valence-corrected chi connectivity index (χ0v) is 9.18. The van der Waals surface area contributed by atoms with Crippen molar-refractivity contribution in [2.24, 2.45) is 0 Å². The number of nitrogens with one attached hydrogen (secondary N) is 1. The number of hydrogen-bond acceptors (Lipinski definition) is 3. The van der Waals surface area contributed by atoms with Gasteiger partial charge in [0.05, 0.1) is 14.2 Å². The fourth-order valence-corrected chi connectivity index (χ4v) is 1.40. The van der Waals surface area contributed by atoms with E-state index in [0.717, 1.165) is 11.3 Å². The van der Waals surface area contributed by atoms with Crippen LogP contribution in [0.3, 0.4) is 0 Å². The lowest BCUT2D eigenvalue weighted by atomic mass is 10.0. The number of ether oxygens (including phenoxy) is 1. The summed E-state index contributed by atoms with van der Waals surface area (Å²) >= 11 is 0. The molecule has 1 N–H and O–H groups in total. The minimum atomic E-state index is 0.660. The molecule has 0 radical (unpaired) electrons. The molecule has 1 rings (SSSR count). The molecular weight excluding hydrogens is 178 g/mol.